The van der Waals surface area contributed by atoms with E-state index < -0.39 is 0 Å². The van der Waals surface area contributed by atoms with Gasteiger partial charge in [-0.15, -0.1) is 0 Å². The third-order valence-corrected chi connectivity index (χ3v) is 7.97. The molecule has 0 atom stereocenters. The van der Waals surface area contributed by atoms with Crippen molar-refractivity contribution in [3.05, 3.63) is 119 Å². The van der Waals surface area contributed by atoms with E-state index in [1.807, 2.05) is 74.7 Å². The Morgan fingerprint density at radius 1 is 0.714 bits per heavy atom. The maximum absolute atomic E-state index is 6.39. The Hall–Kier alpha value is -5.49. The van der Waals surface area contributed by atoms with Crippen molar-refractivity contribution in [2.24, 2.45) is 4.99 Å². The average Bonchev–Trinajstić information content (AvgIpc) is 3.76. The first-order valence-corrected chi connectivity index (χ1v) is 16.0. The van der Waals surface area contributed by atoms with Gasteiger partial charge in [0.1, 0.15) is 23.0 Å². The van der Waals surface area contributed by atoms with Crippen LogP contribution in [0.25, 0.3) is 50.1 Å². The minimum Gasteiger partial charge on any atom is -0.382 e. The van der Waals surface area contributed by atoms with E-state index in [0.717, 1.165) is 50.9 Å². The number of aromatic nitrogens is 8. The molecule has 5 aromatic heterocycles. The standard InChI is InChI=1S/C17H13ClN6.C13H8Cl2N4.C5H7N/c1-10-4-6-24(23-10)17-16(21-9-14(19)22-17)12-7-11-3-2-5-20-15(11)13(18)8-12;14-9-5-8(4-7-2-1-3-17-11(7)9)12-13(15)19-10(16)6-18-12;1-5-3-2-4-6-5/h2-9H,1H3,(H2,19,22);1-6H,(H2,16,19);2-3H,4H2,1H3. The summed E-state index contributed by atoms with van der Waals surface area (Å²) in [5.41, 5.74) is 17.7. The van der Waals surface area contributed by atoms with Crippen LogP contribution in [0.15, 0.2) is 103 Å². The topological polar surface area (TPSA) is 160 Å². The Bertz CT molecular complexity index is 2370. The van der Waals surface area contributed by atoms with Gasteiger partial charge in [0.05, 0.1) is 45.7 Å². The zero-order chi connectivity index (χ0) is 34.5. The second kappa shape index (κ2) is 14.7. The molecule has 0 bridgehead atoms. The smallest absolute Gasteiger partial charge is 0.182 e. The monoisotopic (exact) mass is 707 g/mol. The zero-order valence-corrected chi connectivity index (χ0v) is 28.5. The molecule has 0 fully saturated rings. The Morgan fingerprint density at radius 3 is 1.82 bits per heavy atom. The number of aliphatic imine (C=N–C) groups is 1. The summed E-state index contributed by atoms with van der Waals surface area (Å²) in [5.74, 6) is 1.17. The summed E-state index contributed by atoms with van der Waals surface area (Å²) in [5, 5.41) is 7.61. The fourth-order valence-electron chi connectivity index (χ4n) is 4.90. The molecule has 0 amide bonds. The minimum absolute atomic E-state index is 0.249. The molecule has 0 saturated heterocycles. The van der Waals surface area contributed by atoms with Crippen LogP contribution in [0, 0.1) is 6.92 Å². The molecule has 0 unspecified atom stereocenters. The number of aryl methyl sites for hydroxylation is 1. The normalized spacial score (nSPS) is 11.9. The molecule has 14 heteroatoms. The molecule has 0 radical (unpaired) electrons. The van der Waals surface area contributed by atoms with E-state index >= 15 is 0 Å². The lowest BCUT2D eigenvalue weighted by atomic mass is 10.1. The highest BCUT2D eigenvalue weighted by atomic mass is 35.5. The Labute approximate surface area is 296 Å². The Morgan fingerprint density at radius 2 is 1.31 bits per heavy atom. The van der Waals surface area contributed by atoms with E-state index in [0.29, 0.717) is 33.1 Å². The number of nitrogen functional groups attached to an aromatic ring is 2. The number of fused-ring (bicyclic) bond motifs is 2. The lowest BCUT2D eigenvalue weighted by Gasteiger charge is -2.10. The fourth-order valence-corrected chi connectivity index (χ4v) is 5.71. The molecule has 49 heavy (non-hydrogen) atoms. The number of anilines is 2. The maximum atomic E-state index is 6.39. The van der Waals surface area contributed by atoms with Gasteiger partial charge in [-0.2, -0.15) is 5.10 Å². The Balaban J connectivity index is 0.000000148. The maximum Gasteiger partial charge on any atom is 0.182 e. The second-order valence-electron chi connectivity index (χ2n) is 10.8. The van der Waals surface area contributed by atoms with Crippen molar-refractivity contribution < 1.29 is 0 Å². The number of halogens is 3. The van der Waals surface area contributed by atoms with Gasteiger partial charge in [-0.05, 0) is 62.4 Å². The quantitative estimate of drug-likeness (QED) is 0.185. The highest BCUT2D eigenvalue weighted by Crippen LogP contribution is 2.33. The van der Waals surface area contributed by atoms with Crippen molar-refractivity contribution in [1.29, 1.82) is 0 Å². The molecule has 1 aliphatic rings. The summed E-state index contributed by atoms with van der Waals surface area (Å²) < 4.78 is 1.66. The first-order chi connectivity index (χ1) is 23.7. The molecule has 2 aromatic carbocycles. The number of benzene rings is 2. The predicted molar refractivity (Wildman–Crippen MR) is 198 cm³/mol. The number of nitrogens with two attached hydrogens (primary N) is 2. The van der Waals surface area contributed by atoms with E-state index in [1.54, 1.807) is 23.1 Å². The van der Waals surface area contributed by atoms with Gasteiger partial charge in [-0.1, -0.05) is 53.0 Å². The third kappa shape index (κ3) is 7.81. The van der Waals surface area contributed by atoms with E-state index in [-0.39, 0.29) is 11.0 Å². The van der Waals surface area contributed by atoms with Crippen LogP contribution in [0.3, 0.4) is 0 Å². The van der Waals surface area contributed by atoms with Crippen molar-refractivity contribution in [3.63, 3.8) is 0 Å². The molecule has 244 valence electrons. The summed E-state index contributed by atoms with van der Waals surface area (Å²) in [6, 6.07) is 17.0. The Kier molecular flexibility index (Phi) is 10.0. The molecule has 6 heterocycles. The van der Waals surface area contributed by atoms with Gasteiger partial charge in [-0.25, -0.2) is 24.6 Å². The molecule has 8 rings (SSSR count). The van der Waals surface area contributed by atoms with Crippen molar-refractivity contribution in [2.45, 2.75) is 13.8 Å². The number of hydrogen-bond donors (Lipinski definition) is 2. The summed E-state index contributed by atoms with van der Waals surface area (Å²) in [6.45, 7) is 4.81. The first kappa shape index (κ1) is 33.4. The molecule has 4 N–H and O–H groups in total. The van der Waals surface area contributed by atoms with Gasteiger partial charge in [0.2, 0.25) is 0 Å². The van der Waals surface area contributed by atoms with E-state index in [4.69, 9.17) is 46.3 Å². The minimum atomic E-state index is 0.249. The first-order valence-electron chi connectivity index (χ1n) is 14.9. The molecule has 1 aliphatic heterocycles. The van der Waals surface area contributed by atoms with Gasteiger partial charge in [0.25, 0.3) is 0 Å². The highest BCUT2D eigenvalue weighted by Gasteiger charge is 2.15. The van der Waals surface area contributed by atoms with Crippen molar-refractivity contribution in [3.8, 4) is 28.3 Å². The number of allylic oxidation sites excluding steroid dienone is 1. The van der Waals surface area contributed by atoms with E-state index in [9.17, 15) is 0 Å². The van der Waals surface area contributed by atoms with E-state index in [2.05, 4.69) is 46.1 Å². The van der Waals surface area contributed by atoms with Crippen molar-refractivity contribution >= 4 is 74.0 Å². The number of rotatable bonds is 3. The number of nitrogens with zero attached hydrogens (tertiary/aromatic N) is 9. The van der Waals surface area contributed by atoms with Crippen LogP contribution in [0.2, 0.25) is 15.2 Å². The molecule has 0 spiro atoms. The zero-order valence-electron chi connectivity index (χ0n) is 26.3. The van der Waals surface area contributed by atoms with Crippen LogP contribution in [0.5, 0.6) is 0 Å². The van der Waals surface area contributed by atoms with Crippen LogP contribution in [0.1, 0.15) is 12.6 Å². The highest BCUT2D eigenvalue weighted by molar-refractivity contribution is 6.36. The van der Waals surface area contributed by atoms with Crippen LogP contribution in [-0.2, 0) is 0 Å². The SMILES string of the molecule is CC1=NCC=C1.Cc1ccn(-c2nc(N)cnc2-c2cc(Cl)c3ncccc3c2)n1.Nc1cnc(-c2cc(Cl)c3ncccc3c2)c(Cl)n1. The van der Waals surface area contributed by atoms with Gasteiger partial charge < -0.3 is 11.5 Å². The summed E-state index contributed by atoms with van der Waals surface area (Å²) >= 11 is 18.7. The molecular formula is C35H28Cl3N11. The summed E-state index contributed by atoms with van der Waals surface area (Å²) in [4.78, 5) is 29.6. The van der Waals surface area contributed by atoms with E-state index in [1.165, 1.54) is 12.4 Å². The lowest BCUT2D eigenvalue weighted by molar-refractivity contribution is 0.829. The molecule has 7 aromatic rings. The summed E-state index contributed by atoms with van der Waals surface area (Å²) in [7, 11) is 0. The van der Waals surface area contributed by atoms with Crippen LogP contribution >= 0.6 is 34.8 Å². The van der Waals surface area contributed by atoms with Crippen molar-refractivity contribution in [2.75, 3.05) is 18.0 Å². The van der Waals surface area contributed by atoms with Crippen LogP contribution in [-0.4, -0.2) is 51.9 Å². The van der Waals surface area contributed by atoms with Crippen LogP contribution < -0.4 is 11.5 Å². The fraction of sp³-hybridized carbons (Fsp3) is 0.0857. The van der Waals surface area contributed by atoms with Crippen LogP contribution in [0.4, 0.5) is 11.6 Å². The predicted octanol–water partition coefficient (Wildman–Crippen LogP) is 8.02. The number of hydrogen-bond acceptors (Lipinski definition) is 10. The number of pyridine rings is 2. The second-order valence-corrected chi connectivity index (χ2v) is 11.9. The molecule has 11 nitrogen and oxygen atoms in total. The largest absolute Gasteiger partial charge is 0.382 e. The van der Waals surface area contributed by atoms with Gasteiger partial charge in [-0.3, -0.25) is 15.0 Å². The van der Waals surface area contributed by atoms with Gasteiger partial charge in [0, 0.05) is 46.2 Å². The molecule has 0 saturated carbocycles. The molecule has 0 aliphatic carbocycles. The van der Waals surface area contributed by atoms with Gasteiger partial charge >= 0.3 is 0 Å². The van der Waals surface area contributed by atoms with Gasteiger partial charge in [0.15, 0.2) is 11.0 Å². The van der Waals surface area contributed by atoms with Crippen molar-refractivity contribution in [1.82, 2.24) is 39.7 Å². The lowest BCUT2D eigenvalue weighted by Crippen LogP contribution is -2.06. The summed E-state index contributed by atoms with van der Waals surface area (Å²) in [6.07, 6.45) is 12.3. The molecular weight excluding hydrogens is 681 g/mol. The third-order valence-electron chi connectivity index (χ3n) is 7.13. The average molecular weight is 709 g/mol.